The van der Waals surface area contributed by atoms with Crippen LogP contribution in [0.15, 0.2) is 23.3 Å². The van der Waals surface area contributed by atoms with Gasteiger partial charge in [0.15, 0.2) is 22.7 Å². The number of hydrazone groups is 1. The first kappa shape index (κ1) is 18.7. The molecule has 0 aliphatic carbocycles. The number of rotatable bonds is 8. The number of esters is 1. The van der Waals surface area contributed by atoms with E-state index in [-0.39, 0.29) is 5.11 Å². The van der Waals surface area contributed by atoms with E-state index < -0.39 is 12.1 Å². The van der Waals surface area contributed by atoms with Crippen molar-refractivity contribution < 1.29 is 19.0 Å². The molecular weight excluding hydrogens is 318 g/mol. The molecule has 0 aliphatic rings. The van der Waals surface area contributed by atoms with Crippen molar-refractivity contribution in [3.63, 3.8) is 0 Å². The molecule has 1 aromatic rings. The topological polar surface area (TPSA) is 95.2 Å². The third-order valence-corrected chi connectivity index (χ3v) is 2.67. The standard InChI is InChI=1S/C15H21N3O4S/c1-4-20-13-8-11(9-17-18-15(16)23)6-7-12(13)22-10(3)14(19)21-5-2/h6-10H,4-5H2,1-3H3,(H3,16,18,23). The molecule has 0 saturated carbocycles. The molecule has 1 aromatic carbocycles. The van der Waals surface area contributed by atoms with E-state index in [2.05, 4.69) is 22.7 Å². The summed E-state index contributed by atoms with van der Waals surface area (Å²) in [5.74, 6) is 0.524. The lowest BCUT2D eigenvalue weighted by atomic mass is 10.2. The summed E-state index contributed by atoms with van der Waals surface area (Å²) < 4.78 is 16.1. The highest BCUT2D eigenvalue weighted by atomic mass is 32.1. The predicted molar refractivity (Wildman–Crippen MR) is 91.8 cm³/mol. The van der Waals surface area contributed by atoms with E-state index in [1.54, 1.807) is 38.3 Å². The predicted octanol–water partition coefficient (Wildman–Crippen LogP) is 1.58. The average molecular weight is 339 g/mol. The minimum atomic E-state index is -0.732. The van der Waals surface area contributed by atoms with Crippen LogP contribution in [-0.4, -0.2) is 36.6 Å². The fraction of sp³-hybridized carbons (Fsp3) is 0.400. The van der Waals surface area contributed by atoms with Crippen molar-refractivity contribution in [2.24, 2.45) is 10.8 Å². The lowest BCUT2D eigenvalue weighted by molar-refractivity contribution is -0.150. The summed E-state index contributed by atoms with van der Waals surface area (Å²) in [4.78, 5) is 11.6. The van der Waals surface area contributed by atoms with Crippen LogP contribution in [0.4, 0.5) is 0 Å². The average Bonchev–Trinajstić information content (AvgIpc) is 2.49. The van der Waals surface area contributed by atoms with Crippen LogP contribution in [-0.2, 0) is 9.53 Å². The molecule has 0 spiro atoms. The Balaban J connectivity index is 2.88. The maximum absolute atomic E-state index is 11.6. The summed E-state index contributed by atoms with van der Waals surface area (Å²) in [5.41, 5.74) is 8.51. The quantitative estimate of drug-likeness (QED) is 0.321. The van der Waals surface area contributed by atoms with Gasteiger partial charge in [-0.1, -0.05) is 0 Å². The molecule has 1 unspecified atom stereocenters. The molecule has 0 fully saturated rings. The van der Waals surface area contributed by atoms with Crippen LogP contribution in [0.2, 0.25) is 0 Å². The second kappa shape index (κ2) is 9.62. The Labute approximate surface area is 140 Å². The normalized spacial score (nSPS) is 11.8. The van der Waals surface area contributed by atoms with Gasteiger partial charge in [-0.3, -0.25) is 5.43 Å². The van der Waals surface area contributed by atoms with Crippen LogP contribution in [0.3, 0.4) is 0 Å². The molecule has 7 nitrogen and oxygen atoms in total. The number of hydrogen-bond donors (Lipinski definition) is 2. The zero-order valence-corrected chi connectivity index (χ0v) is 14.2. The molecule has 23 heavy (non-hydrogen) atoms. The fourth-order valence-electron chi connectivity index (χ4n) is 1.64. The third kappa shape index (κ3) is 6.52. The summed E-state index contributed by atoms with van der Waals surface area (Å²) in [6.45, 7) is 5.97. The van der Waals surface area contributed by atoms with E-state index >= 15 is 0 Å². The molecule has 0 aliphatic heterocycles. The number of carbonyl (C=O) groups excluding carboxylic acids is 1. The fourth-order valence-corrected chi connectivity index (χ4v) is 1.69. The second-order valence-electron chi connectivity index (χ2n) is 4.39. The molecule has 0 radical (unpaired) electrons. The number of thiocarbonyl (C=S) groups is 1. The Morgan fingerprint density at radius 3 is 2.74 bits per heavy atom. The van der Waals surface area contributed by atoms with Gasteiger partial charge in [-0.25, -0.2) is 4.79 Å². The minimum Gasteiger partial charge on any atom is -0.490 e. The van der Waals surface area contributed by atoms with Gasteiger partial charge in [0.05, 0.1) is 19.4 Å². The molecular formula is C15H21N3O4S. The summed E-state index contributed by atoms with van der Waals surface area (Å²) in [6.07, 6.45) is 0.810. The first-order valence-electron chi connectivity index (χ1n) is 7.16. The largest absolute Gasteiger partial charge is 0.490 e. The zero-order valence-electron chi connectivity index (χ0n) is 13.4. The van der Waals surface area contributed by atoms with Gasteiger partial charge in [0.2, 0.25) is 0 Å². The highest BCUT2D eigenvalue weighted by molar-refractivity contribution is 7.80. The number of hydrogen-bond acceptors (Lipinski definition) is 6. The zero-order chi connectivity index (χ0) is 17.2. The van der Waals surface area contributed by atoms with Gasteiger partial charge in [0.25, 0.3) is 0 Å². The second-order valence-corrected chi connectivity index (χ2v) is 4.83. The first-order valence-corrected chi connectivity index (χ1v) is 7.57. The molecule has 0 aromatic heterocycles. The minimum absolute atomic E-state index is 0.0782. The summed E-state index contributed by atoms with van der Waals surface area (Å²) >= 11 is 4.66. The maximum atomic E-state index is 11.6. The molecule has 3 N–H and O–H groups in total. The number of benzene rings is 1. The van der Waals surface area contributed by atoms with Crippen molar-refractivity contribution in [2.75, 3.05) is 13.2 Å². The Kier molecular flexibility index (Phi) is 7.82. The SMILES string of the molecule is CCOC(=O)C(C)Oc1ccc(C=NNC(N)=S)cc1OCC. The van der Waals surface area contributed by atoms with Gasteiger partial charge < -0.3 is 19.9 Å². The molecule has 8 heteroatoms. The Morgan fingerprint density at radius 2 is 2.13 bits per heavy atom. The molecule has 126 valence electrons. The molecule has 0 saturated heterocycles. The van der Waals surface area contributed by atoms with Crippen LogP contribution in [0, 0.1) is 0 Å². The van der Waals surface area contributed by atoms with Crippen LogP contribution < -0.4 is 20.6 Å². The highest BCUT2D eigenvalue weighted by Gasteiger charge is 2.18. The van der Waals surface area contributed by atoms with Gasteiger partial charge in [-0.2, -0.15) is 5.10 Å². The number of nitrogens with one attached hydrogen (secondary N) is 1. The molecule has 0 bridgehead atoms. The Bertz CT molecular complexity index is 578. The number of nitrogens with two attached hydrogens (primary N) is 1. The Hall–Kier alpha value is -2.35. The van der Waals surface area contributed by atoms with Crippen LogP contribution in [0.5, 0.6) is 11.5 Å². The monoisotopic (exact) mass is 339 g/mol. The van der Waals surface area contributed by atoms with Crippen LogP contribution >= 0.6 is 12.2 Å². The molecule has 0 heterocycles. The van der Waals surface area contributed by atoms with Crippen LogP contribution in [0.1, 0.15) is 26.3 Å². The van der Waals surface area contributed by atoms with E-state index in [4.69, 9.17) is 19.9 Å². The summed E-state index contributed by atoms with van der Waals surface area (Å²) in [7, 11) is 0. The van der Waals surface area contributed by atoms with Gasteiger partial charge >= 0.3 is 5.97 Å². The molecule has 1 rings (SSSR count). The Morgan fingerprint density at radius 1 is 1.39 bits per heavy atom. The number of ether oxygens (including phenoxy) is 3. The van der Waals surface area contributed by atoms with Gasteiger partial charge in [-0.05, 0) is 56.8 Å². The van der Waals surface area contributed by atoms with Crippen LogP contribution in [0.25, 0.3) is 0 Å². The van der Waals surface area contributed by atoms with Gasteiger partial charge in [0, 0.05) is 0 Å². The van der Waals surface area contributed by atoms with Crippen molar-refractivity contribution >= 4 is 29.5 Å². The summed E-state index contributed by atoms with van der Waals surface area (Å²) in [6, 6.07) is 5.20. The number of carbonyl (C=O) groups is 1. The first-order chi connectivity index (χ1) is 11.0. The van der Waals surface area contributed by atoms with E-state index in [0.29, 0.717) is 24.7 Å². The van der Waals surface area contributed by atoms with E-state index in [9.17, 15) is 4.79 Å². The third-order valence-electron chi connectivity index (χ3n) is 2.58. The van der Waals surface area contributed by atoms with Crippen molar-refractivity contribution in [1.82, 2.24) is 5.43 Å². The maximum Gasteiger partial charge on any atom is 0.347 e. The molecule has 1 atom stereocenters. The van der Waals surface area contributed by atoms with Crippen molar-refractivity contribution in [3.8, 4) is 11.5 Å². The van der Waals surface area contributed by atoms with E-state index in [1.165, 1.54) is 0 Å². The smallest absolute Gasteiger partial charge is 0.347 e. The summed E-state index contributed by atoms with van der Waals surface area (Å²) in [5, 5.41) is 3.95. The highest BCUT2D eigenvalue weighted by Crippen LogP contribution is 2.29. The van der Waals surface area contributed by atoms with Gasteiger partial charge in [0.1, 0.15) is 0 Å². The van der Waals surface area contributed by atoms with E-state index in [1.807, 2.05) is 6.92 Å². The van der Waals surface area contributed by atoms with E-state index in [0.717, 1.165) is 5.56 Å². The van der Waals surface area contributed by atoms with Gasteiger partial charge in [-0.15, -0.1) is 0 Å². The van der Waals surface area contributed by atoms with Crippen molar-refractivity contribution in [2.45, 2.75) is 26.9 Å². The molecule has 0 amide bonds. The van der Waals surface area contributed by atoms with Crippen molar-refractivity contribution in [3.05, 3.63) is 23.8 Å². The lowest BCUT2D eigenvalue weighted by Gasteiger charge is -2.16. The van der Waals surface area contributed by atoms with Crippen molar-refractivity contribution in [1.29, 1.82) is 0 Å². The number of nitrogens with zero attached hydrogens (tertiary/aromatic N) is 1. The lowest BCUT2D eigenvalue weighted by Crippen LogP contribution is -2.26.